The Balaban J connectivity index is 2.32. The van der Waals surface area contributed by atoms with E-state index in [1.54, 1.807) is 0 Å². The van der Waals surface area contributed by atoms with Crippen molar-refractivity contribution in [1.82, 2.24) is 10.6 Å². The van der Waals surface area contributed by atoms with Crippen molar-refractivity contribution in [2.75, 3.05) is 6.54 Å². The van der Waals surface area contributed by atoms with Crippen LogP contribution >= 0.6 is 0 Å². The van der Waals surface area contributed by atoms with Crippen LogP contribution < -0.4 is 10.6 Å². The first-order chi connectivity index (χ1) is 8.88. The van der Waals surface area contributed by atoms with Crippen LogP contribution in [0.2, 0.25) is 0 Å². The number of rotatable bonds is 6. The summed E-state index contributed by atoms with van der Waals surface area (Å²) in [7, 11) is 0. The molecule has 0 bridgehead atoms. The number of carbonyl (C=O) groups is 3. The molecule has 0 aromatic rings. The van der Waals surface area contributed by atoms with E-state index in [0.717, 1.165) is 19.3 Å². The average molecular weight is 272 g/mol. The normalized spacial score (nSPS) is 23.6. The summed E-state index contributed by atoms with van der Waals surface area (Å²) in [5, 5.41) is 22.1. The predicted octanol–water partition coefficient (Wildman–Crippen LogP) is 0.650. The molecule has 108 valence electrons. The minimum absolute atomic E-state index is 0.420. The van der Waals surface area contributed by atoms with Crippen molar-refractivity contribution in [3.63, 3.8) is 0 Å². The van der Waals surface area contributed by atoms with Crippen LogP contribution in [0.3, 0.4) is 0 Å². The Bertz CT molecular complexity index is 358. The van der Waals surface area contributed by atoms with Gasteiger partial charge in [-0.25, -0.2) is 9.59 Å². The van der Waals surface area contributed by atoms with Crippen LogP contribution in [0, 0.1) is 11.8 Å². The monoisotopic (exact) mass is 272 g/mol. The molecule has 0 spiro atoms. The summed E-state index contributed by atoms with van der Waals surface area (Å²) in [5.41, 5.74) is 0. The van der Waals surface area contributed by atoms with Crippen LogP contribution in [-0.2, 0) is 9.59 Å². The minimum atomic E-state index is -1.40. The molecular weight excluding hydrogens is 252 g/mol. The van der Waals surface area contributed by atoms with Gasteiger partial charge in [-0.1, -0.05) is 13.3 Å². The maximum absolute atomic E-state index is 11.5. The molecule has 2 amide bonds. The van der Waals surface area contributed by atoms with Gasteiger partial charge >= 0.3 is 18.0 Å². The van der Waals surface area contributed by atoms with Crippen molar-refractivity contribution in [3.8, 4) is 0 Å². The summed E-state index contributed by atoms with van der Waals surface area (Å²) in [6.45, 7) is 2.66. The van der Waals surface area contributed by atoms with Gasteiger partial charge in [0, 0.05) is 6.54 Å². The maximum Gasteiger partial charge on any atom is 0.326 e. The van der Waals surface area contributed by atoms with Crippen molar-refractivity contribution in [2.24, 2.45) is 11.8 Å². The van der Waals surface area contributed by atoms with Gasteiger partial charge in [0.2, 0.25) is 0 Å². The Hall–Kier alpha value is -1.79. The average Bonchev–Trinajstić information content (AvgIpc) is 2.71. The molecule has 0 aromatic carbocycles. The quantitative estimate of drug-likeness (QED) is 0.566. The Morgan fingerprint density at radius 2 is 1.95 bits per heavy atom. The molecule has 0 heterocycles. The highest BCUT2D eigenvalue weighted by Gasteiger charge is 2.24. The fourth-order valence-corrected chi connectivity index (χ4v) is 2.33. The van der Waals surface area contributed by atoms with Crippen LogP contribution in [0.5, 0.6) is 0 Å². The number of nitrogens with one attached hydrogen (secondary N) is 2. The van der Waals surface area contributed by atoms with E-state index in [-0.39, 0.29) is 0 Å². The van der Waals surface area contributed by atoms with Crippen LogP contribution in [0.25, 0.3) is 0 Å². The predicted molar refractivity (Wildman–Crippen MR) is 66.7 cm³/mol. The van der Waals surface area contributed by atoms with E-state index in [2.05, 4.69) is 17.6 Å². The second kappa shape index (κ2) is 6.96. The van der Waals surface area contributed by atoms with Crippen LogP contribution in [0.15, 0.2) is 0 Å². The molecule has 1 saturated carbocycles. The number of urea groups is 1. The molecule has 19 heavy (non-hydrogen) atoms. The van der Waals surface area contributed by atoms with Crippen molar-refractivity contribution >= 4 is 18.0 Å². The highest BCUT2D eigenvalue weighted by atomic mass is 16.4. The number of hydrogen-bond acceptors (Lipinski definition) is 3. The number of hydrogen-bond donors (Lipinski definition) is 4. The van der Waals surface area contributed by atoms with E-state index in [4.69, 9.17) is 10.2 Å². The summed E-state index contributed by atoms with van der Waals surface area (Å²) >= 11 is 0. The summed E-state index contributed by atoms with van der Waals surface area (Å²) in [5.74, 6) is -1.54. The third-order valence-electron chi connectivity index (χ3n) is 3.34. The summed E-state index contributed by atoms with van der Waals surface area (Å²) in [6.07, 6.45) is 2.62. The first-order valence-corrected chi connectivity index (χ1v) is 6.37. The Labute approximate surface area is 111 Å². The molecule has 1 aliphatic carbocycles. The molecule has 0 aromatic heterocycles. The molecule has 1 fully saturated rings. The van der Waals surface area contributed by atoms with E-state index in [9.17, 15) is 14.4 Å². The van der Waals surface area contributed by atoms with Gasteiger partial charge in [0.05, 0.1) is 6.42 Å². The standard InChI is InChI=1S/C12H20N2O5/c1-7-2-3-8(4-7)6-13-12(19)14-9(11(17)18)5-10(15)16/h7-9H,2-6H2,1H3,(H,15,16)(H,17,18)(H2,13,14,19)/t7?,8?,9-/m0/s1. The zero-order valence-corrected chi connectivity index (χ0v) is 10.9. The fraction of sp³-hybridized carbons (Fsp3) is 0.750. The lowest BCUT2D eigenvalue weighted by atomic mass is 10.1. The largest absolute Gasteiger partial charge is 0.481 e. The zero-order chi connectivity index (χ0) is 14.4. The fourth-order valence-electron chi connectivity index (χ4n) is 2.33. The molecule has 7 heteroatoms. The highest BCUT2D eigenvalue weighted by molar-refractivity contribution is 5.86. The maximum atomic E-state index is 11.5. The SMILES string of the molecule is CC1CCC(CNC(=O)N[C@@H](CC(=O)O)C(=O)O)C1. The Morgan fingerprint density at radius 3 is 2.42 bits per heavy atom. The molecule has 3 atom stereocenters. The molecule has 0 radical (unpaired) electrons. The molecule has 0 saturated heterocycles. The lowest BCUT2D eigenvalue weighted by Gasteiger charge is -2.15. The second-order valence-corrected chi connectivity index (χ2v) is 5.13. The minimum Gasteiger partial charge on any atom is -0.481 e. The molecule has 4 N–H and O–H groups in total. The summed E-state index contributed by atoms with van der Waals surface area (Å²) in [4.78, 5) is 32.7. The van der Waals surface area contributed by atoms with Crippen molar-refractivity contribution in [2.45, 2.75) is 38.6 Å². The molecule has 2 unspecified atom stereocenters. The molecule has 0 aliphatic heterocycles. The van der Waals surface area contributed by atoms with Crippen LogP contribution in [0.1, 0.15) is 32.6 Å². The van der Waals surface area contributed by atoms with Gasteiger partial charge in [-0.15, -0.1) is 0 Å². The van der Waals surface area contributed by atoms with E-state index >= 15 is 0 Å². The van der Waals surface area contributed by atoms with Crippen molar-refractivity contribution < 1.29 is 24.6 Å². The van der Waals surface area contributed by atoms with Gasteiger partial charge in [0.15, 0.2) is 0 Å². The topological polar surface area (TPSA) is 116 Å². The van der Waals surface area contributed by atoms with Crippen LogP contribution in [-0.4, -0.2) is 40.8 Å². The Kier molecular flexibility index (Phi) is 5.59. The summed E-state index contributed by atoms with van der Waals surface area (Å²) in [6, 6.07) is -2.03. The molecular formula is C12H20N2O5. The molecule has 7 nitrogen and oxygen atoms in total. The second-order valence-electron chi connectivity index (χ2n) is 5.13. The van der Waals surface area contributed by atoms with E-state index in [1.807, 2.05) is 0 Å². The first-order valence-electron chi connectivity index (χ1n) is 6.37. The smallest absolute Gasteiger partial charge is 0.326 e. The van der Waals surface area contributed by atoms with Gasteiger partial charge < -0.3 is 20.8 Å². The van der Waals surface area contributed by atoms with E-state index in [1.165, 1.54) is 0 Å². The molecule has 1 aliphatic rings. The van der Waals surface area contributed by atoms with Gasteiger partial charge in [-0.3, -0.25) is 4.79 Å². The van der Waals surface area contributed by atoms with Gasteiger partial charge in [-0.05, 0) is 24.7 Å². The lowest BCUT2D eigenvalue weighted by molar-refractivity contribution is -0.145. The van der Waals surface area contributed by atoms with E-state index < -0.39 is 30.4 Å². The number of amides is 2. The Morgan fingerprint density at radius 1 is 1.26 bits per heavy atom. The van der Waals surface area contributed by atoms with Crippen molar-refractivity contribution in [3.05, 3.63) is 0 Å². The summed E-state index contributed by atoms with van der Waals surface area (Å²) < 4.78 is 0. The number of carboxylic acids is 2. The third kappa shape index (κ3) is 5.58. The number of aliphatic carboxylic acids is 2. The van der Waals surface area contributed by atoms with Crippen LogP contribution in [0.4, 0.5) is 4.79 Å². The highest BCUT2D eigenvalue weighted by Crippen LogP contribution is 2.29. The number of carboxylic acid groups (broad SMARTS) is 2. The van der Waals surface area contributed by atoms with Crippen molar-refractivity contribution in [1.29, 1.82) is 0 Å². The third-order valence-corrected chi connectivity index (χ3v) is 3.34. The number of carbonyl (C=O) groups excluding carboxylic acids is 1. The molecule has 1 rings (SSSR count). The van der Waals surface area contributed by atoms with Gasteiger partial charge in [0.25, 0.3) is 0 Å². The van der Waals surface area contributed by atoms with Gasteiger partial charge in [0.1, 0.15) is 6.04 Å². The van der Waals surface area contributed by atoms with E-state index in [0.29, 0.717) is 18.4 Å². The zero-order valence-electron chi connectivity index (χ0n) is 10.9. The van der Waals surface area contributed by atoms with Gasteiger partial charge in [-0.2, -0.15) is 0 Å². The lowest BCUT2D eigenvalue weighted by Crippen LogP contribution is -2.47. The first kappa shape index (κ1) is 15.3.